The van der Waals surface area contributed by atoms with E-state index in [0.29, 0.717) is 5.88 Å². The van der Waals surface area contributed by atoms with Crippen molar-refractivity contribution < 1.29 is 9.53 Å². The van der Waals surface area contributed by atoms with E-state index in [1.165, 1.54) is 6.92 Å². The lowest BCUT2D eigenvalue weighted by Crippen LogP contribution is -2.05. The van der Waals surface area contributed by atoms with Crippen molar-refractivity contribution in [1.82, 2.24) is 9.78 Å². The monoisotopic (exact) mass is 218 g/mol. The fourth-order valence-corrected chi connectivity index (χ4v) is 1.67. The maximum atomic E-state index is 11.0. The summed E-state index contributed by atoms with van der Waals surface area (Å²) in [6, 6.07) is 7.95. The molecule has 0 fully saturated rings. The molecule has 1 aromatic carbocycles. The highest BCUT2D eigenvalue weighted by Crippen LogP contribution is 2.26. The highest BCUT2D eigenvalue weighted by atomic mass is 16.5. The normalized spacial score (nSPS) is 11.0. The summed E-state index contributed by atoms with van der Waals surface area (Å²) in [6.45, 7) is 5.46. The number of esters is 1. The molecule has 0 unspecified atom stereocenters. The van der Waals surface area contributed by atoms with E-state index < -0.39 is 0 Å². The number of carbonyl (C=O) groups excluding carboxylic acids is 1. The molecule has 1 heterocycles. The van der Waals surface area contributed by atoms with E-state index in [9.17, 15) is 4.79 Å². The summed E-state index contributed by atoms with van der Waals surface area (Å²) in [5.74, 6) is 0.0379. The first-order chi connectivity index (χ1) is 7.59. The fraction of sp³-hybridized carbons (Fsp3) is 0.333. The Hall–Kier alpha value is -1.84. The molecule has 0 saturated heterocycles. The van der Waals surface area contributed by atoms with Gasteiger partial charge in [0, 0.05) is 13.0 Å². The van der Waals surface area contributed by atoms with Crippen molar-refractivity contribution in [2.24, 2.45) is 0 Å². The number of aromatic nitrogens is 2. The third-order valence-electron chi connectivity index (χ3n) is 2.31. The Morgan fingerprint density at radius 3 is 2.69 bits per heavy atom. The van der Waals surface area contributed by atoms with Gasteiger partial charge in [0.2, 0.25) is 5.88 Å². The minimum atomic E-state index is -0.348. The number of para-hydroxylation sites is 1. The highest BCUT2D eigenvalue weighted by molar-refractivity contribution is 5.86. The lowest BCUT2D eigenvalue weighted by molar-refractivity contribution is -0.132. The zero-order chi connectivity index (χ0) is 11.7. The molecule has 0 amide bonds. The van der Waals surface area contributed by atoms with Crippen molar-refractivity contribution in [1.29, 1.82) is 0 Å². The largest absolute Gasteiger partial charge is 0.405 e. The Labute approximate surface area is 93.8 Å². The number of rotatable bonds is 2. The van der Waals surface area contributed by atoms with E-state index in [0.717, 1.165) is 10.9 Å². The van der Waals surface area contributed by atoms with Crippen molar-refractivity contribution >= 4 is 16.9 Å². The SMILES string of the molecule is CC(=O)Oc1nn(C(C)C)c2ccccc12. The molecule has 0 aliphatic heterocycles. The molecule has 0 atom stereocenters. The summed E-state index contributed by atoms with van der Waals surface area (Å²) in [5, 5.41) is 5.17. The zero-order valence-electron chi connectivity index (χ0n) is 9.60. The summed E-state index contributed by atoms with van der Waals surface area (Å²) >= 11 is 0. The second-order valence-electron chi connectivity index (χ2n) is 3.95. The first-order valence-electron chi connectivity index (χ1n) is 5.25. The molecule has 0 N–H and O–H groups in total. The molecule has 2 rings (SSSR count). The lowest BCUT2D eigenvalue weighted by atomic mass is 10.2. The molecule has 0 saturated carbocycles. The smallest absolute Gasteiger partial charge is 0.309 e. The molecule has 0 radical (unpaired) electrons. The van der Waals surface area contributed by atoms with E-state index >= 15 is 0 Å². The van der Waals surface area contributed by atoms with Crippen LogP contribution >= 0.6 is 0 Å². The molecule has 84 valence electrons. The molecule has 4 nitrogen and oxygen atoms in total. The third kappa shape index (κ3) is 1.78. The summed E-state index contributed by atoms with van der Waals surface area (Å²) in [4.78, 5) is 11.0. The van der Waals surface area contributed by atoms with Gasteiger partial charge in [-0.2, -0.15) is 0 Å². The van der Waals surface area contributed by atoms with Crippen LogP contribution in [0, 0.1) is 0 Å². The molecule has 0 aliphatic carbocycles. The minimum Gasteiger partial charge on any atom is -0.405 e. The number of hydrogen-bond acceptors (Lipinski definition) is 3. The number of ether oxygens (including phenoxy) is 1. The standard InChI is InChI=1S/C12H14N2O2/c1-8(2)14-11-7-5-4-6-10(11)12(13-14)16-9(3)15/h4-8H,1-3H3. The predicted molar refractivity (Wildman–Crippen MR) is 61.4 cm³/mol. The summed E-state index contributed by atoms with van der Waals surface area (Å²) in [5.41, 5.74) is 0.980. The third-order valence-corrected chi connectivity index (χ3v) is 2.31. The minimum absolute atomic E-state index is 0.231. The Balaban J connectivity index is 2.62. The lowest BCUT2D eigenvalue weighted by Gasteiger charge is -2.05. The molecule has 0 spiro atoms. The Morgan fingerprint density at radius 1 is 1.38 bits per heavy atom. The summed E-state index contributed by atoms with van der Waals surface area (Å²) in [6.07, 6.45) is 0. The number of nitrogens with zero attached hydrogens (tertiary/aromatic N) is 2. The predicted octanol–water partition coefficient (Wildman–Crippen LogP) is 2.54. The van der Waals surface area contributed by atoms with Gasteiger partial charge in [0.1, 0.15) is 0 Å². The Morgan fingerprint density at radius 2 is 2.06 bits per heavy atom. The average molecular weight is 218 g/mol. The van der Waals surface area contributed by atoms with Gasteiger partial charge in [-0.25, -0.2) is 0 Å². The van der Waals surface area contributed by atoms with Gasteiger partial charge < -0.3 is 4.74 Å². The van der Waals surface area contributed by atoms with Crippen LogP contribution in [-0.2, 0) is 4.79 Å². The van der Waals surface area contributed by atoms with E-state index in [2.05, 4.69) is 5.10 Å². The van der Waals surface area contributed by atoms with Crippen molar-refractivity contribution in [3.05, 3.63) is 24.3 Å². The Bertz CT molecular complexity index is 529. The van der Waals surface area contributed by atoms with Crippen LogP contribution in [0.1, 0.15) is 26.8 Å². The molecule has 2 aromatic rings. The van der Waals surface area contributed by atoms with Gasteiger partial charge >= 0.3 is 5.97 Å². The van der Waals surface area contributed by atoms with Crippen LogP contribution < -0.4 is 4.74 Å². The highest BCUT2D eigenvalue weighted by Gasteiger charge is 2.14. The van der Waals surface area contributed by atoms with E-state index in [1.807, 2.05) is 42.8 Å². The summed E-state index contributed by atoms with van der Waals surface area (Å²) < 4.78 is 6.94. The van der Waals surface area contributed by atoms with Crippen LogP contribution in [0.4, 0.5) is 0 Å². The number of carbonyl (C=O) groups is 1. The van der Waals surface area contributed by atoms with Crippen molar-refractivity contribution in [3.63, 3.8) is 0 Å². The second kappa shape index (κ2) is 3.96. The zero-order valence-corrected chi connectivity index (χ0v) is 9.60. The van der Waals surface area contributed by atoms with Crippen molar-refractivity contribution in [2.45, 2.75) is 26.8 Å². The topological polar surface area (TPSA) is 44.1 Å². The van der Waals surface area contributed by atoms with Gasteiger partial charge in [0.05, 0.1) is 10.9 Å². The first kappa shape index (κ1) is 10.7. The summed E-state index contributed by atoms with van der Waals surface area (Å²) in [7, 11) is 0. The van der Waals surface area contributed by atoms with Gasteiger partial charge in [-0.3, -0.25) is 9.48 Å². The molecular formula is C12H14N2O2. The quantitative estimate of drug-likeness (QED) is 0.727. The van der Waals surface area contributed by atoms with E-state index in [1.54, 1.807) is 0 Å². The number of fused-ring (bicyclic) bond motifs is 1. The second-order valence-corrected chi connectivity index (χ2v) is 3.95. The van der Waals surface area contributed by atoms with Crippen LogP contribution in [0.3, 0.4) is 0 Å². The van der Waals surface area contributed by atoms with Crippen LogP contribution in [0.2, 0.25) is 0 Å². The first-order valence-corrected chi connectivity index (χ1v) is 5.25. The van der Waals surface area contributed by atoms with Gasteiger partial charge in [-0.1, -0.05) is 12.1 Å². The maximum absolute atomic E-state index is 11.0. The molecule has 16 heavy (non-hydrogen) atoms. The average Bonchev–Trinajstić information content (AvgIpc) is 2.57. The fourth-order valence-electron chi connectivity index (χ4n) is 1.67. The van der Waals surface area contributed by atoms with Crippen LogP contribution in [0.15, 0.2) is 24.3 Å². The number of hydrogen-bond donors (Lipinski definition) is 0. The molecule has 0 bridgehead atoms. The van der Waals surface area contributed by atoms with Crippen LogP contribution in [0.25, 0.3) is 10.9 Å². The molecule has 4 heteroatoms. The van der Waals surface area contributed by atoms with E-state index in [-0.39, 0.29) is 12.0 Å². The van der Waals surface area contributed by atoms with Crippen LogP contribution in [-0.4, -0.2) is 15.7 Å². The van der Waals surface area contributed by atoms with Crippen LogP contribution in [0.5, 0.6) is 5.88 Å². The molecular weight excluding hydrogens is 204 g/mol. The van der Waals surface area contributed by atoms with Gasteiger partial charge in [0.15, 0.2) is 0 Å². The maximum Gasteiger partial charge on any atom is 0.309 e. The van der Waals surface area contributed by atoms with Crippen molar-refractivity contribution in [2.75, 3.05) is 0 Å². The number of benzene rings is 1. The van der Waals surface area contributed by atoms with E-state index in [4.69, 9.17) is 4.74 Å². The van der Waals surface area contributed by atoms with Gasteiger partial charge in [-0.15, -0.1) is 5.10 Å². The van der Waals surface area contributed by atoms with Crippen molar-refractivity contribution in [3.8, 4) is 5.88 Å². The van der Waals surface area contributed by atoms with Gasteiger partial charge in [-0.05, 0) is 26.0 Å². The van der Waals surface area contributed by atoms with Gasteiger partial charge in [0.25, 0.3) is 0 Å². The Kier molecular flexibility index (Phi) is 2.64. The molecule has 0 aliphatic rings. The molecule has 1 aromatic heterocycles.